The van der Waals surface area contributed by atoms with Crippen LogP contribution in [-0.4, -0.2) is 19.1 Å². The molecule has 0 spiro atoms. The number of hydrogen-bond donors (Lipinski definition) is 0. The van der Waals surface area contributed by atoms with Crippen LogP contribution >= 0.6 is 0 Å². The minimum Gasteiger partial charge on any atom is -0.340 e. The van der Waals surface area contributed by atoms with Crippen molar-refractivity contribution in [3.05, 3.63) is 153 Å². The fraction of sp³-hybridized carbons (Fsp3) is 0.304. The normalized spacial score (nSPS) is 13.6. The second-order valence-corrected chi connectivity index (χ2v) is 15.0. The summed E-state index contributed by atoms with van der Waals surface area (Å²) in [5.41, 5.74) is 7.88. The first-order valence-electron chi connectivity index (χ1n) is 20.9. The van der Waals surface area contributed by atoms with Crippen LogP contribution < -0.4 is 0 Å². The summed E-state index contributed by atoms with van der Waals surface area (Å²) < 4.78 is 68.8. The molecule has 0 aliphatic rings. The summed E-state index contributed by atoms with van der Waals surface area (Å²) in [5, 5.41) is 0. The van der Waals surface area contributed by atoms with Crippen LogP contribution in [0.5, 0.6) is 0 Å². The van der Waals surface area contributed by atoms with Gasteiger partial charge in [0.25, 0.3) is 0 Å². The fourth-order valence-corrected chi connectivity index (χ4v) is 5.94. The largest absolute Gasteiger partial charge is 0.340 e. The third kappa shape index (κ3) is 9.26. The third-order valence-electron chi connectivity index (χ3n) is 8.95. The summed E-state index contributed by atoms with van der Waals surface area (Å²) >= 11 is 0. The molecule has 0 atom stereocenters. The summed E-state index contributed by atoms with van der Waals surface area (Å²) in [6, 6.07) is 20.4. The first-order valence-corrected chi connectivity index (χ1v) is 16.9. The summed E-state index contributed by atoms with van der Waals surface area (Å²) in [4.78, 5) is 15.7. The number of nitrogens with zero attached hydrogens (tertiary/aromatic N) is 6. The number of hydrogen-bond acceptors (Lipinski definition) is 2. The van der Waals surface area contributed by atoms with E-state index in [1.165, 1.54) is 34.9 Å². The maximum absolute atomic E-state index is 8.49. The van der Waals surface area contributed by atoms with E-state index in [2.05, 4.69) is 83.1 Å². The first-order chi connectivity index (χ1) is 27.7. The Kier molecular flexibility index (Phi) is 10.6. The van der Waals surface area contributed by atoms with Crippen LogP contribution in [0.25, 0.3) is 43.8 Å². The van der Waals surface area contributed by atoms with Crippen molar-refractivity contribution in [2.24, 2.45) is 0 Å². The zero-order valence-corrected chi connectivity index (χ0v) is 36.9. The molecular formula is C46H48Ir2N6-2. The Hall–Kier alpha value is -4.42. The molecule has 6 aromatic rings. The third-order valence-corrected chi connectivity index (χ3v) is 8.95. The van der Waals surface area contributed by atoms with Crippen LogP contribution in [0.15, 0.2) is 73.3 Å². The van der Waals surface area contributed by atoms with Crippen molar-refractivity contribution < 1.29 is 51.2 Å². The van der Waals surface area contributed by atoms with E-state index in [9.17, 15) is 0 Å². The standard InChI is InChI=1S/2C23H24N3.2Ir/c2*1-15-8-9-18(14-20(15)24-7)22-25-10-11-26(22)21-16(2)12-19(13-17(21)3)23(4,5)6;;/h2*8,10-14H,1-6H3;;/q2*-1;;/i2D3,3D3,10D,11D;;;. The number of aromatic nitrogens is 4. The molecule has 0 fully saturated rings. The van der Waals surface area contributed by atoms with Crippen LogP contribution in [0.4, 0.5) is 11.4 Å². The molecule has 0 aliphatic carbocycles. The molecule has 4 aromatic carbocycles. The SMILES string of the molecule is [2H]c1nc(-c2[c-]cc(C)c([N+]#[C-])c2)n(-c2c(C([2H])([2H])[2H])cc(C(C)(C)C)cc2C([2H])([2H])[2H])c1[2H].[C-]#[N+]c1cc(-c2nccn2-c2c(C)cc(C(C)(C)C)cc2C)[c-]cc1C.[Ir].[Ir]. The van der Waals surface area contributed by atoms with Gasteiger partial charge in [-0.05, 0) is 71.8 Å². The fourth-order valence-electron chi connectivity index (χ4n) is 5.94. The second kappa shape index (κ2) is 17.4. The van der Waals surface area contributed by atoms with Gasteiger partial charge in [-0.3, -0.25) is 19.7 Å². The molecular weight excluding hydrogens is 1020 g/mol. The average molecular weight is 1080 g/mol. The predicted octanol–water partition coefficient (Wildman–Crippen LogP) is 12.2. The van der Waals surface area contributed by atoms with Crippen molar-refractivity contribution in [3.63, 3.8) is 0 Å². The average Bonchev–Trinajstić information content (AvgIpc) is 3.73. The molecule has 282 valence electrons. The van der Waals surface area contributed by atoms with Gasteiger partial charge >= 0.3 is 0 Å². The van der Waals surface area contributed by atoms with Crippen molar-refractivity contribution in [2.75, 3.05) is 0 Å². The smallest absolute Gasteiger partial charge is 0.111 e. The van der Waals surface area contributed by atoms with E-state index in [1.54, 1.807) is 19.2 Å². The van der Waals surface area contributed by atoms with Gasteiger partial charge in [-0.1, -0.05) is 79.7 Å². The topological polar surface area (TPSA) is 44.4 Å². The van der Waals surface area contributed by atoms with E-state index >= 15 is 0 Å². The van der Waals surface area contributed by atoms with Crippen LogP contribution in [0, 0.1) is 66.7 Å². The Morgan fingerprint density at radius 2 is 1.06 bits per heavy atom. The number of benzene rings is 4. The van der Waals surface area contributed by atoms with Crippen molar-refractivity contribution in [2.45, 2.75) is 93.8 Å². The molecule has 2 heterocycles. The van der Waals surface area contributed by atoms with Gasteiger partial charge in [-0.2, -0.15) is 12.1 Å². The second-order valence-electron chi connectivity index (χ2n) is 15.0. The number of rotatable bonds is 4. The Balaban J connectivity index is 0.000000330. The summed E-state index contributed by atoms with van der Waals surface area (Å²) in [5.74, 6) is 0.781. The molecule has 8 heteroatoms. The quantitative estimate of drug-likeness (QED) is 0.165. The monoisotopic (exact) mass is 1080 g/mol. The maximum atomic E-state index is 8.49. The van der Waals surface area contributed by atoms with Crippen molar-refractivity contribution in [1.82, 2.24) is 19.1 Å². The van der Waals surface area contributed by atoms with Crippen LogP contribution in [-0.2, 0) is 51.0 Å². The minimum absolute atomic E-state index is 0. The Labute approximate surface area is 360 Å². The van der Waals surface area contributed by atoms with E-state index in [4.69, 9.17) is 24.1 Å². The molecule has 0 saturated heterocycles. The van der Waals surface area contributed by atoms with Crippen molar-refractivity contribution >= 4 is 11.4 Å². The minimum atomic E-state index is -2.72. The molecule has 2 aromatic heterocycles. The maximum Gasteiger partial charge on any atom is 0.111 e. The molecule has 0 saturated carbocycles. The molecule has 6 nitrogen and oxygen atoms in total. The van der Waals surface area contributed by atoms with Gasteiger partial charge in [-0.15, -0.1) is 46.5 Å². The zero-order chi connectivity index (χ0) is 44.9. The van der Waals surface area contributed by atoms with E-state index in [-0.39, 0.29) is 73.8 Å². The van der Waals surface area contributed by atoms with E-state index in [0.717, 1.165) is 27.2 Å². The molecule has 2 radical (unpaired) electrons. The molecule has 0 N–H and O–H groups in total. The predicted molar refractivity (Wildman–Crippen MR) is 214 cm³/mol. The van der Waals surface area contributed by atoms with Gasteiger partial charge < -0.3 is 9.13 Å². The zero-order valence-electron chi connectivity index (χ0n) is 40.1. The van der Waals surface area contributed by atoms with E-state index < -0.39 is 31.5 Å². The molecule has 0 unspecified atom stereocenters. The summed E-state index contributed by atoms with van der Waals surface area (Å²) in [6.07, 6.45) is 2.86. The van der Waals surface area contributed by atoms with Gasteiger partial charge in [0.2, 0.25) is 0 Å². The van der Waals surface area contributed by atoms with Gasteiger partial charge in [0.1, 0.15) is 11.4 Å². The Bertz CT molecular complexity index is 2640. The molecule has 0 amide bonds. The van der Waals surface area contributed by atoms with E-state index in [0.29, 0.717) is 22.5 Å². The summed E-state index contributed by atoms with van der Waals surface area (Å²) in [7, 11) is 0. The molecule has 54 heavy (non-hydrogen) atoms. The number of aryl methyl sites for hydroxylation is 6. The van der Waals surface area contributed by atoms with Gasteiger partial charge in [0.15, 0.2) is 0 Å². The van der Waals surface area contributed by atoms with Crippen LogP contribution in [0.1, 0.15) is 97.0 Å². The first kappa shape index (κ1) is 33.0. The van der Waals surface area contributed by atoms with Crippen molar-refractivity contribution in [3.8, 4) is 34.2 Å². The Morgan fingerprint density at radius 3 is 1.48 bits per heavy atom. The van der Waals surface area contributed by atoms with Crippen LogP contribution in [0.3, 0.4) is 0 Å². The number of imidazole rings is 2. The van der Waals surface area contributed by atoms with Gasteiger partial charge in [0, 0.05) is 84.5 Å². The van der Waals surface area contributed by atoms with Gasteiger partial charge in [0.05, 0.1) is 27.5 Å². The van der Waals surface area contributed by atoms with Crippen molar-refractivity contribution in [1.29, 1.82) is 0 Å². The molecule has 0 bridgehead atoms. The Morgan fingerprint density at radius 1 is 0.630 bits per heavy atom. The van der Waals surface area contributed by atoms with E-state index in [1.807, 2.05) is 46.0 Å². The molecule has 6 rings (SSSR count). The van der Waals surface area contributed by atoms with Gasteiger partial charge in [-0.25, -0.2) is 0 Å². The molecule has 0 aliphatic heterocycles. The van der Waals surface area contributed by atoms with Crippen LogP contribution in [0.2, 0.25) is 0 Å². The summed E-state index contributed by atoms with van der Waals surface area (Å²) in [6.45, 7) is 29.5.